The zero-order chi connectivity index (χ0) is 15.4. The summed E-state index contributed by atoms with van der Waals surface area (Å²) in [4.78, 5) is 20.4. The lowest BCUT2D eigenvalue weighted by Gasteiger charge is -2.09. The van der Waals surface area contributed by atoms with Crippen molar-refractivity contribution in [3.63, 3.8) is 0 Å². The summed E-state index contributed by atoms with van der Waals surface area (Å²) in [5.41, 5.74) is -0.351. The molecule has 2 saturated heterocycles. The smallest absolute Gasteiger partial charge is 0.278 e. The van der Waals surface area contributed by atoms with Crippen LogP contribution in [-0.2, 0) is 9.47 Å². The fourth-order valence-corrected chi connectivity index (χ4v) is 3.00. The molecule has 1 aromatic rings. The molecule has 4 rings (SSSR count). The molecule has 0 bridgehead atoms. The van der Waals surface area contributed by atoms with Crippen LogP contribution in [0, 0.1) is 26.1 Å². The van der Waals surface area contributed by atoms with Crippen LogP contribution in [0.15, 0.2) is 18.2 Å². The summed E-state index contributed by atoms with van der Waals surface area (Å²) in [6.07, 6.45) is 2.11. The molecule has 1 N–H and O–H groups in total. The molecule has 0 spiro atoms. The van der Waals surface area contributed by atoms with Gasteiger partial charge in [0.25, 0.3) is 11.4 Å². The number of nitrogens with one attached hydrogen (secondary N) is 1. The molecule has 0 aromatic heterocycles. The van der Waals surface area contributed by atoms with E-state index in [0.29, 0.717) is 17.7 Å². The topological polar surface area (TPSA) is 120 Å². The number of ether oxygens (including phenoxy) is 2. The second-order valence-electron chi connectivity index (χ2n) is 5.86. The summed E-state index contributed by atoms with van der Waals surface area (Å²) in [5.74, 6) is 0.647. The van der Waals surface area contributed by atoms with Crippen molar-refractivity contribution in [3.05, 3.63) is 38.4 Å². The first-order valence-electron chi connectivity index (χ1n) is 7.02. The van der Waals surface area contributed by atoms with Gasteiger partial charge >= 0.3 is 0 Å². The van der Waals surface area contributed by atoms with E-state index < -0.39 is 9.85 Å². The average molecular weight is 307 g/mol. The van der Waals surface area contributed by atoms with Crippen LogP contribution in [-0.4, -0.2) is 34.4 Å². The standard InChI is InChI=1S/C13H13N3O6/c17-15(18)8-3-7(4-9(5-8)16(19)20)14-13-12(22-13)11-2-6-1-10(6)21-11/h3-6,10-14H,1-2H2. The zero-order valence-electron chi connectivity index (χ0n) is 11.4. The fraction of sp³-hybridized carbons (Fsp3) is 0.538. The Morgan fingerprint density at radius 3 is 2.18 bits per heavy atom. The minimum absolute atomic E-state index is 0.0509. The van der Waals surface area contributed by atoms with Crippen LogP contribution in [0.5, 0.6) is 0 Å². The maximum absolute atomic E-state index is 10.8. The molecule has 9 heteroatoms. The van der Waals surface area contributed by atoms with Gasteiger partial charge in [-0.3, -0.25) is 20.2 Å². The lowest BCUT2D eigenvalue weighted by atomic mass is 10.1. The van der Waals surface area contributed by atoms with Gasteiger partial charge in [0.1, 0.15) is 6.10 Å². The predicted octanol–water partition coefficient (Wildman–Crippen LogP) is 1.82. The van der Waals surface area contributed by atoms with Crippen molar-refractivity contribution < 1.29 is 19.3 Å². The number of hydrogen-bond acceptors (Lipinski definition) is 7. The SMILES string of the molecule is O=[N+]([O-])c1cc(NC2OC2C2CC3CC3O2)cc([N+](=O)[O-])c1. The first kappa shape index (κ1) is 13.4. The van der Waals surface area contributed by atoms with Gasteiger partial charge in [-0.1, -0.05) is 0 Å². The van der Waals surface area contributed by atoms with Crippen molar-refractivity contribution >= 4 is 17.1 Å². The number of hydrogen-bond donors (Lipinski definition) is 1. The van der Waals surface area contributed by atoms with Crippen molar-refractivity contribution in [2.24, 2.45) is 5.92 Å². The lowest BCUT2D eigenvalue weighted by Crippen LogP contribution is -2.21. The Kier molecular flexibility index (Phi) is 2.81. The lowest BCUT2D eigenvalue weighted by molar-refractivity contribution is -0.394. The van der Waals surface area contributed by atoms with Crippen LogP contribution in [0.2, 0.25) is 0 Å². The number of non-ortho nitro benzene ring substituents is 2. The van der Waals surface area contributed by atoms with Crippen LogP contribution in [0.3, 0.4) is 0 Å². The Balaban J connectivity index is 1.46. The van der Waals surface area contributed by atoms with E-state index in [0.717, 1.165) is 18.9 Å². The molecule has 2 heterocycles. The highest BCUT2D eigenvalue weighted by molar-refractivity contribution is 5.59. The van der Waals surface area contributed by atoms with Gasteiger partial charge in [0, 0.05) is 17.8 Å². The maximum atomic E-state index is 10.8. The molecule has 2 aliphatic heterocycles. The number of benzene rings is 1. The molecule has 0 amide bonds. The molecule has 5 atom stereocenters. The van der Waals surface area contributed by atoms with Gasteiger partial charge < -0.3 is 14.8 Å². The van der Waals surface area contributed by atoms with Crippen LogP contribution >= 0.6 is 0 Å². The number of anilines is 1. The van der Waals surface area contributed by atoms with Crippen LogP contribution in [0.4, 0.5) is 17.1 Å². The van der Waals surface area contributed by atoms with Crippen molar-refractivity contribution in [1.82, 2.24) is 0 Å². The molecule has 1 aromatic carbocycles. The van der Waals surface area contributed by atoms with E-state index in [9.17, 15) is 20.2 Å². The van der Waals surface area contributed by atoms with E-state index in [2.05, 4.69) is 5.32 Å². The third-order valence-corrected chi connectivity index (χ3v) is 4.27. The molecule has 1 aliphatic carbocycles. The molecular formula is C13H13N3O6. The number of epoxide rings is 1. The maximum Gasteiger partial charge on any atom is 0.278 e. The number of rotatable bonds is 5. The molecule has 0 radical (unpaired) electrons. The summed E-state index contributed by atoms with van der Waals surface area (Å²) < 4.78 is 11.3. The first-order chi connectivity index (χ1) is 10.5. The third-order valence-electron chi connectivity index (χ3n) is 4.27. The molecule has 3 aliphatic rings. The van der Waals surface area contributed by atoms with Crippen LogP contribution in [0.1, 0.15) is 12.8 Å². The number of nitrogens with zero attached hydrogens (tertiary/aromatic N) is 2. The fourth-order valence-electron chi connectivity index (χ4n) is 3.00. The van der Waals surface area contributed by atoms with E-state index in [1.54, 1.807) is 0 Å². The molecular weight excluding hydrogens is 294 g/mol. The highest BCUT2D eigenvalue weighted by Gasteiger charge is 2.56. The zero-order valence-corrected chi connectivity index (χ0v) is 11.4. The summed E-state index contributed by atoms with van der Waals surface area (Å²) in [7, 11) is 0. The largest absolute Gasteiger partial charge is 0.372 e. The van der Waals surface area contributed by atoms with Gasteiger partial charge in [0.15, 0.2) is 6.23 Å². The summed E-state index contributed by atoms with van der Waals surface area (Å²) in [6.45, 7) is 0. The van der Waals surface area contributed by atoms with Crippen LogP contribution in [0.25, 0.3) is 0 Å². The minimum atomic E-state index is -0.656. The van der Waals surface area contributed by atoms with Gasteiger partial charge in [0.2, 0.25) is 0 Å². The van der Waals surface area contributed by atoms with Crippen molar-refractivity contribution in [3.8, 4) is 0 Å². The van der Waals surface area contributed by atoms with E-state index in [4.69, 9.17) is 9.47 Å². The van der Waals surface area contributed by atoms with Crippen molar-refractivity contribution in [2.45, 2.75) is 37.4 Å². The quantitative estimate of drug-likeness (QED) is 0.500. The van der Waals surface area contributed by atoms with Gasteiger partial charge in [-0.15, -0.1) is 0 Å². The third kappa shape index (κ3) is 2.38. The molecule has 5 unspecified atom stereocenters. The van der Waals surface area contributed by atoms with E-state index in [-0.39, 0.29) is 29.8 Å². The monoisotopic (exact) mass is 307 g/mol. The van der Waals surface area contributed by atoms with Crippen molar-refractivity contribution in [2.75, 3.05) is 5.32 Å². The summed E-state index contributed by atoms with van der Waals surface area (Å²) in [6, 6.07) is 3.46. The van der Waals surface area contributed by atoms with Gasteiger partial charge in [-0.05, 0) is 18.8 Å². The molecule has 3 fully saturated rings. The minimum Gasteiger partial charge on any atom is -0.372 e. The number of fused-ring (bicyclic) bond motifs is 1. The Morgan fingerprint density at radius 2 is 1.64 bits per heavy atom. The second kappa shape index (κ2) is 4.62. The Morgan fingerprint density at radius 1 is 1.00 bits per heavy atom. The summed E-state index contributed by atoms with van der Waals surface area (Å²) >= 11 is 0. The average Bonchev–Trinajstić information content (AvgIpc) is 3.37. The first-order valence-corrected chi connectivity index (χ1v) is 7.02. The molecule has 1 saturated carbocycles. The Labute approximate surface area is 124 Å². The van der Waals surface area contributed by atoms with Gasteiger partial charge in [-0.2, -0.15) is 0 Å². The van der Waals surface area contributed by atoms with E-state index >= 15 is 0 Å². The highest BCUT2D eigenvalue weighted by Crippen LogP contribution is 2.49. The predicted molar refractivity (Wildman–Crippen MR) is 73.4 cm³/mol. The van der Waals surface area contributed by atoms with E-state index in [1.807, 2.05) is 0 Å². The normalized spacial score (nSPS) is 34.8. The van der Waals surface area contributed by atoms with Gasteiger partial charge in [-0.25, -0.2) is 0 Å². The number of nitro groups is 2. The summed E-state index contributed by atoms with van der Waals surface area (Å²) in [5, 5.41) is 24.6. The van der Waals surface area contributed by atoms with E-state index in [1.165, 1.54) is 12.1 Å². The van der Waals surface area contributed by atoms with Crippen molar-refractivity contribution in [1.29, 1.82) is 0 Å². The Bertz CT molecular complexity index is 623. The van der Waals surface area contributed by atoms with Gasteiger partial charge in [0.05, 0.1) is 28.1 Å². The molecule has 9 nitrogen and oxygen atoms in total. The Hall–Kier alpha value is -2.26. The van der Waals surface area contributed by atoms with Crippen LogP contribution < -0.4 is 5.32 Å². The highest BCUT2D eigenvalue weighted by atomic mass is 16.6. The molecule has 116 valence electrons. The number of nitro benzene ring substituents is 2. The second-order valence-corrected chi connectivity index (χ2v) is 5.86. The molecule has 22 heavy (non-hydrogen) atoms.